The lowest BCUT2D eigenvalue weighted by Crippen LogP contribution is -2.49. The summed E-state index contributed by atoms with van der Waals surface area (Å²) in [4.78, 5) is 0. The number of likely N-dealkylation sites (N-methyl/N-ethyl adjacent to an activating group) is 1. The molecule has 0 radical (unpaired) electrons. The molecule has 12 heavy (non-hydrogen) atoms. The topological polar surface area (TPSA) is 76.4 Å². The van der Waals surface area contributed by atoms with Gasteiger partial charge in [0.15, 0.2) is 5.84 Å². The van der Waals surface area contributed by atoms with E-state index in [1.165, 1.54) is 0 Å². The molecule has 0 aromatic heterocycles. The number of nitrogens with one attached hydrogen (secondary N) is 1. The Kier molecular flexibility index (Phi) is 4.11. The summed E-state index contributed by atoms with van der Waals surface area (Å²) in [5.74, 6) is 13.3. The van der Waals surface area contributed by atoms with E-state index in [2.05, 4.69) is 16.4 Å². The Bertz CT molecular complexity index is 200. The number of quaternary nitrogens is 1. The van der Waals surface area contributed by atoms with Crippen LogP contribution in [0.5, 0.6) is 0 Å². The van der Waals surface area contributed by atoms with Crippen LogP contribution in [0.4, 0.5) is 0 Å². The Morgan fingerprint density at radius 2 is 2.25 bits per heavy atom. The summed E-state index contributed by atoms with van der Waals surface area (Å²) < 4.78 is 0.608. The number of rotatable bonds is 3. The first-order chi connectivity index (χ1) is 5.55. The fourth-order valence-corrected chi connectivity index (χ4v) is 0.832. The van der Waals surface area contributed by atoms with Gasteiger partial charge in [-0.05, 0) is 5.92 Å². The molecule has 0 aromatic carbocycles. The highest BCUT2D eigenvalue weighted by Crippen LogP contribution is 1.94. The fourth-order valence-electron chi connectivity index (χ4n) is 0.832. The number of hydrazine groups is 1. The molecule has 5 nitrogen and oxygen atoms in total. The average molecular weight is 170 g/mol. The Balaban J connectivity index is 4.14. The van der Waals surface area contributed by atoms with Crippen LogP contribution >= 0.6 is 0 Å². The summed E-state index contributed by atoms with van der Waals surface area (Å²) in [5, 5.41) is 3.47. The van der Waals surface area contributed by atoms with Gasteiger partial charge in [0.1, 0.15) is 13.1 Å². The predicted molar refractivity (Wildman–Crippen MR) is 49.6 cm³/mol. The van der Waals surface area contributed by atoms with Gasteiger partial charge in [0, 0.05) is 0 Å². The zero-order chi connectivity index (χ0) is 9.61. The summed E-state index contributed by atoms with van der Waals surface area (Å²) in [6.07, 6.45) is 5.18. The van der Waals surface area contributed by atoms with Gasteiger partial charge in [-0.2, -0.15) is 5.10 Å². The van der Waals surface area contributed by atoms with Gasteiger partial charge in [0.25, 0.3) is 0 Å². The third-order valence-electron chi connectivity index (χ3n) is 1.42. The standard InChI is InChI=1S/C7H16N5/c1-4-5-12(2,3)6-7(10-8)11-9/h1H,5-6,8-9H2,2-3H3,(H,10,11)/q+1. The molecule has 0 fully saturated rings. The molecule has 0 spiro atoms. The van der Waals surface area contributed by atoms with E-state index >= 15 is 0 Å². The highest BCUT2D eigenvalue weighted by Gasteiger charge is 2.16. The molecule has 68 valence electrons. The second kappa shape index (κ2) is 4.59. The van der Waals surface area contributed by atoms with Gasteiger partial charge < -0.3 is 15.8 Å². The maximum Gasteiger partial charge on any atom is 0.191 e. The van der Waals surface area contributed by atoms with Gasteiger partial charge in [-0.1, -0.05) is 0 Å². The van der Waals surface area contributed by atoms with Crippen LogP contribution in [0.15, 0.2) is 5.10 Å². The number of terminal acetylenes is 1. The average Bonchev–Trinajstić information content (AvgIpc) is 2.00. The minimum absolute atomic E-state index is 0.537. The maximum absolute atomic E-state index is 5.18. The first-order valence-corrected chi connectivity index (χ1v) is 3.54. The number of amidine groups is 1. The molecular weight excluding hydrogens is 154 g/mol. The van der Waals surface area contributed by atoms with Crippen LogP contribution in [0.25, 0.3) is 0 Å². The lowest BCUT2D eigenvalue weighted by atomic mass is 10.4. The molecule has 0 saturated carbocycles. The van der Waals surface area contributed by atoms with E-state index in [9.17, 15) is 0 Å². The van der Waals surface area contributed by atoms with Crippen molar-refractivity contribution >= 4 is 5.84 Å². The van der Waals surface area contributed by atoms with Crippen LogP contribution in [0.2, 0.25) is 0 Å². The lowest BCUT2D eigenvalue weighted by molar-refractivity contribution is -0.874. The molecule has 0 aliphatic rings. The first-order valence-electron chi connectivity index (χ1n) is 3.54. The minimum atomic E-state index is 0.537. The van der Waals surface area contributed by atoms with Crippen LogP contribution in [-0.2, 0) is 0 Å². The monoisotopic (exact) mass is 170 g/mol. The van der Waals surface area contributed by atoms with Crippen molar-refractivity contribution in [2.24, 2.45) is 16.8 Å². The third-order valence-corrected chi connectivity index (χ3v) is 1.42. The van der Waals surface area contributed by atoms with Crippen molar-refractivity contribution in [2.45, 2.75) is 0 Å². The zero-order valence-electron chi connectivity index (χ0n) is 7.54. The van der Waals surface area contributed by atoms with E-state index in [1.54, 1.807) is 0 Å². The second-order valence-electron chi connectivity index (χ2n) is 3.18. The van der Waals surface area contributed by atoms with E-state index < -0.39 is 0 Å². The Morgan fingerprint density at radius 1 is 1.67 bits per heavy atom. The van der Waals surface area contributed by atoms with Crippen LogP contribution < -0.4 is 17.1 Å². The molecule has 0 heterocycles. The highest BCUT2D eigenvalue weighted by molar-refractivity contribution is 5.82. The predicted octanol–water partition coefficient (Wildman–Crippen LogP) is -1.57. The molecule has 0 aromatic rings. The van der Waals surface area contributed by atoms with Gasteiger partial charge in [-0.15, -0.1) is 6.42 Å². The van der Waals surface area contributed by atoms with Gasteiger partial charge in [-0.3, -0.25) is 0 Å². The van der Waals surface area contributed by atoms with E-state index in [4.69, 9.17) is 18.1 Å². The molecule has 0 atom stereocenters. The van der Waals surface area contributed by atoms with Crippen molar-refractivity contribution in [3.05, 3.63) is 0 Å². The maximum atomic E-state index is 5.18. The van der Waals surface area contributed by atoms with Gasteiger partial charge >= 0.3 is 0 Å². The van der Waals surface area contributed by atoms with E-state index in [0.29, 0.717) is 23.4 Å². The number of hydrogen-bond acceptors (Lipinski definition) is 3. The number of nitrogens with zero attached hydrogens (tertiary/aromatic N) is 2. The van der Waals surface area contributed by atoms with Crippen molar-refractivity contribution in [3.8, 4) is 12.3 Å². The summed E-state index contributed by atoms with van der Waals surface area (Å²) in [6, 6.07) is 0. The Hall–Kier alpha value is -1.25. The summed E-state index contributed by atoms with van der Waals surface area (Å²) in [5.41, 5.74) is 2.41. The molecule has 0 saturated heterocycles. The summed E-state index contributed by atoms with van der Waals surface area (Å²) >= 11 is 0. The number of nitrogens with two attached hydrogens (primary N) is 2. The van der Waals surface area contributed by atoms with Crippen LogP contribution in [0.1, 0.15) is 0 Å². The van der Waals surface area contributed by atoms with Crippen molar-refractivity contribution in [1.82, 2.24) is 5.43 Å². The summed E-state index contributed by atoms with van der Waals surface area (Å²) in [6.45, 7) is 1.21. The van der Waals surface area contributed by atoms with Gasteiger partial charge in [0.2, 0.25) is 0 Å². The van der Waals surface area contributed by atoms with Crippen molar-refractivity contribution in [2.75, 3.05) is 27.2 Å². The molecule has 5 N–H and O–H groups in total. The lowest BCUT2D eigenvalue weighted by Gasteiger charge is -2.27. The highest BCUT2D eigenvalue weighted by atomic mass is 15.4. The minimum Gasteiger partial charge on any atom is -0.321 e. The molecule has 0 aliphatic heterocycles. The summed E-state index contributed by atoms with van der Waals surface area (Å²) in [7, 11) is 3.95. The van der Waals surface area contributed by atoms with E-state index in [1.807, 2.05) is 14.1 Å². The van der Waals surface area contributed by atoms with Crippen molar-refractivity contribution in [3.63, 3.8) is 0 Å². The quantitative estimate of drug-likeness (QED) is 0.120. The van der Waals surface area contributed by atoms with Gasteiger partial charge in [-0.25, -0.2) is 5.84 Å². The van der Waals surface area contributed by atoms with E-state index in [-0.39, 0.29) is 0 Å². The molecular formula is C7H16N5+. The number of hydrogen-bond donors (Lipinski definition) is 3. The zero-order valence-corrected chi connectivity index (χ0v) is 7.54. The molecule has 0 unspecified atom stereocenters. The molecule has 0 amide bonds. The first kappa shape index (κ1) is 10.8. The van der Waals surface area contributed by atoms with Crippen LogP contribution in [0, 0.1) is 12.3 Å². The molecule has 0 rings (SSSR count). The second-order valence-corrected chi connectivity index (χ2v) is 3.18. The Morgan fingerprint density at radius 3 is 2.58 bits per heavy atom. The Labute approximate surface area is 73.0 Å². The van der Waals surface area contributed by atoms with Crippen LogP contribution in [-0.4, -0.2) is 37.5 Å². The molecule has 0 aliphatic carbocycles. The van der Waals surface area contributed by atoms with E-state index in [0.717, 1.165) is 0 Å². The van der Waals surface area contributed by atoms with Crippen LogP contribution in [0.3, 0.4) is 0 Å². The number of hydrazone groups is 1. The van der Waals surface area contributed by atoms with Gasteiger partial charge in [0.05, 0.1) is 14.1 Å². The normalized spacial score (nSPS) is 12.3. The SMILES string of the molecule is C#CC[N+](C)(C)C/C(=N/N)NN. The largest absolute Gasteiger partial charge is 0.321 e. The van der Waals surface area contributed by atoms with Crippen molar-refractivity contribution < 1.29 is 4.48 Å². The fraction of sp³-hybridized carbons (Fsp3) is 0.571. The molecule has 5 heteroatoms. The third kappa shape index (κ3) is 3.81. The molecule has 0 bridgehead atoms. The smallest absolute Gasteiger partial charge is 0.191 e. The van der Waals surface area contributed by atoms with Crippen molar-refractivity contribution in [1.29, 1.82) is 0 Å².